The van der Waals surface area contributed by atoms with Crippen molar-refractivity contribution in [1.29, 1.82) is 0 Å². The molecule has 1 nitrogen and oxygen atoms in total. The van der Waals surface area contributed by atoms with Gasteiger partial charge in [0.2, 0.25) is 0 Å². The highest BCUT2D eigenvalue weighted by molar-refractivity contribution is 6.30. The molecule has 0 spiro atoms. The molecule has 0 aliphatic carbocycles. The third-order valence-corrected chi connectivity index (χ3v) is 1.86. The summed E-state index contributed by atoms with van der Waals surface area (Å²) in [6.45, 7) is 1.99. The summed E-state index contributed by atoms with van der Waals surface area (Å²) in [5, 5.41) is 3.86. The quantitative estimate of drug-likeness (QED) is 0.738. The highest BCUT2D eigenvalue weighted by Gasteiger charge is 1.96. The average Bonchev–Trinajstić information content (AvgIpc) is 2.05. The van der Waals surface area contributed by atoms with E-state index in [4.69, 9.17) is 11.6 Å². The van der Waals surface area contributed by atoms with Crippen molar-refractivity contribution in [3.63, 3.8) is 0 Å². The first kappa shape index (κ1) is 9.14. The van der Waals surface area contributed by atoms with Gasteiger partial charge in [-0.3, -0.25) is 0 Å². The summed E-state index contributed by atoms with van der Waals surface area (Å²) in [6, 6.07) is 5.78. The van der Waals surface area contributed by atoms with E-state index in [1.54, 1.807) is 0 Å². The normalized spacial score (nSPS) is 10.6. The third-order valence-electron chi connectivity index (χ3n) is 1.63. The van der Waals surface area contributed by atoms with Gasteiger partial charge in [0, 0.05) is 17.8 Å². The molecule has 0 heterocycles. The molecular formula is C10H12ClN. The molecule has 0 bridgehead atoms. The Morgan fingerprint density at radius 2 is 2.17 bits per heavy atom. The van der Waals surface area contributed by atoms with E-state index < -0.39 is 0 Å². The largest absolute Gasteiger partial charge is 0.388 e. The molecule has 0 amide bonds. The van der Waals surface area contributed by atoms with Crippen LogP contribution in [0.25, 0.3) is 6.08 Å². The van der Waals surface area contributed by atoms with E-state index in [1.165, 1.54) is 0 Å². The van der Waals surface area contributed by atoms with Crippen molar-refractivity contribution in [2.45, 2.75) is 6.92 Å². The molecule has 2 heteroatoms. The van der Waals surface area contributed by atoms with E-state index in [1.807, 2.05) is 44.3 Å². The summed E-state index contributed by atoms with van der Waals surface area (Å²) >= 11 is 5.85. The van der Waals surface area contributed by atoms with Crippen LogP contribution in [0.4, 0.5) is 5.69 Å². The van der Waals surface area contributed by atoms with Crippen molar-refractivity contribution >= 4 is 23.4 Å². The summed E-state index contributed by atoms with van der Waals surface area (Å²) < 4.78 is 0. The first-order chi connectivity index (χ1) is 5.77. The SMILES string of the molecule is C/C=C/c1cc(Cl)ccc1NC. The predicted octanol–water partition coefficient (Wildman–Crippen LogP) is 3.41. The molecule has 0 atom stereocenters. The Morgan fingerprint density at radius 1 is 1.42 bits per heavy atom. The summed E-state index contributed by atoms with van der Waals surface area (Å²) in [4.78, 5) is 0. The van der Waals surface area contributed by atoms with Gasteiger partial charge in [0.05, 0.1) is 0 Å². The van der Waals surface area contributed by atoms with Gasteiger partial charge >= 0.3 is 0 Å². The molecule has 0 unspecified atom stereocenters. The number of allylic oxidation sites excluding steroid dienone is 1. The van der Waals surface area contributed by atoms with Gasteiger partial charge in [-0.05, 0) is 30.7 Å². The van der Waals surface area contributed by atoms with E-state index in [0.29, 0.717) is 0 Å². The predicted molar refractivity (Wildman–Crippen MR) is 55.7 cm³/mol. The standard InChI is InChI=1S/C10H12ClN/c1-3-4-8-7-9(11)5-6-10(8)12-2/h3-7,12H,1-2H3/b4-3+. The first-order valence-corrected chi connectivity index (χ1v) is 4.25. The number of rotatable bonds is 2. The van der Waals surface area contributed by atoms with Gasteiger partial charge in [0.15, 0.2) is 0 Å². The highest BCUT2D eigenvalue weighted by atomic mass is 35.5. The fourth-order valence-electron chi connectivity index (χ4n) is 1.08. The molecule has 1 aromatic rings. The Balaban J connectivity index is 3.12. The van der Waals surface area contributed by atoms with Gasteiger partial charge < -0.3 is 5.32 Å². The van der Waals surface area contributed by atoms with Crippen LogP contribution >= 0.6 is 11.6 Å². The maximum atomic E-state index is 5.85. The van der Waals surface area contributed by atoms with Crippen LogP contribution in [0.1, 0.15) is 12.5 Å². The van der Waals surface area contributed by atoms with Crippen molar-refractivity contribution in [1.82, 2.24) is 0 Å². The molecule has 0 saturated carbocycles. The number of nitrogens with one attached hydrogen (secondary N) is 1. The van der Waals surface area contributed by atoms with E-state index in [-0.39, 0.29) is 0 Å². The van der Waals surface area contributed by atoms with Crippen molar-refractivity contribution in [3.8, 4) is 0 Å². The fourth-order valence-corrected chi connectivity index (χ4v) is 1.26. The summed E-state index contributed by atoms with van der Waals surface area (Å²) in [6.07, 6.45) is 4.02. The number of benzene rings is 1. The van der Waals surface area contributed by atoms with Gasteiger partial charge in [-0.15, -0.1) is 0 Å². The van der Waals surface area contributed by atoms with Crippen LogP contribution in [-0.2, 0) is 0 Å². The van der Waals surface area contributed by atoms with Crippen molar-refractivity contribution in [2.24, 2.45) is 0 Å². The summed E-state index contributed by atoms with van der Waals surface area (Å²) in [5.74, 6) is 0. The lowest BCUT2D eigenvalue weighted by molar-refractivity contribution is 1.49. The zero-order chi connectivity index (χ0) is 8.97. The molecule has 0 saturated heterocycles. The van der Waals surface area contributed by atoms with Crippen LogP contribution in [0.2, 0.25) is 5.02 Å². The molecule has 0 radical (unpaired) electrons. The Hall–Kier alpha value is -0.950. The lowest BCUT2D eigenvalue weighted by Gasteiger charge is -2.04. The van der Waals surface area contributed by atoms with Crippen molar-refractivity contribution in [2.75, 3.05) is 12.4 Å². The minimum Gasteiger partial charge on any atom is -0.388 e. The average molecular weight is 182 g/mol. The second kappa shape index (κ2) is 4.17. The molecule has 1 N–H and O–H groups in total. The van der Waals surface area contributed by atoms with Gasteiger partial charge in [0.25, 0.3) is 0 Å². The van der Waals surface area contributed by atoms with E-state index in [2.05, 4.69) is 5.32 Å². The van der Waals surface area contributed by atoms with Gasteiger partial charge in [-0.25, -0.2) is 0 Å². The molecule has 0 aliphatic rings. The Morgan fingerprint density at radius 3 is 2.75 bits per heavy atom. The van der Waals surface area contributed by atoms with E-state index >= 15 is 0 Å². The Labute approximate surface area is 78.1 Å². The Kier molecular flexibility index (Phi) is 3.18. The van der Waals surface area contributed by atoms with Gasteiger partial charge in [-0.2, -0.15) is 0 Å². The summed E-state index contributed by atoms with van der Waals surface area (Å²) in [7, 11) is 1.90. The molecule has 1 rings (SSSR count). The van der Waals surface area contributed by atoms with Crippen LogP contribution < -0.4 is 5.32 Å². The highest BCUT2D eigenvalue weighted by Crippen LogP contribution is 2.21. The smallest absolute Gasteiger partial charge is 0.0413 e. The van der Waals surface area contributed by atoms with E-state index in [9.17, 15) is 0 Å². The van der Waals surface area contributed by atoms with Crippen LogP contribution in [0, 0.1) is 0 Å². The van der Waals surface area contributed by atoms with Crippen molar-refractivity contribution < 1.29 is 0 Å². The van der Waals surface area contributed by atoms with Crippen LogP contribution in [0.5, 0.6) is 0 Å². The maximum Gasteiger partial charge on any atom is 0.0413 e. The monoisotopic (exact) mass is 181 g/mol. The number of halogens is 1. The fraction of sp³-hybridized carbons (Fsp3) is 0.200. The molecule has 1 aromatic carbocycles. The molecule has 0 aromatic heterocycles. The zero-order valence-corrected chi connectivity index (χ0v) is 8.02. The van der Waals surface area contributed by atoms with Crippen LogP contribution in [0.3, 0.4) is 0 Å². The maximum absolute atomic E-state index is 5.85. The topological polar surface area (TPSA) is 12.0 Å². The number of anilines is 1. The van der Waals surface area contributed by atoms with Gasteiger partial charge in [0.1, 0.15) is 0 Å². The minimum atomic E-state index is 0.766. The molecule has 0 fully saturated rings. The Bertz CT molecular complexity index is 292. The van der Waals surface area contributed by atoms with Crippen LogP contribution in [0.15, 0.2) is 24.3 Å². The number of hydrogen-bond donors (Lipinski definition) is 1. The van der Waals surface area contributed by atoms with Crippen LogP contribution in [-0.4, -0.2) is 7.05 Å². The lowest BCUT2D eigenvalue weighted by atomic mass is 10.1. The minimum absolute atomic E-state index is 0.766. The zero-order valence-electron chi connectivity index (χ0n) is 7.26. The molecule has 0 aliphatic heterocycles. The van der Waals surface area contributed by atoms with Crippen molar-refractivity contribution in [3.05, 3.63) is 34.9 Å². The van der Waals surface area contributed by atoms with Gasteiger partial charge in [-0.1, -0.05) is 23.8 Å². The number of hydrogen-bond acceptors (Lipinski definition) is 1. The first-order valence-electron chi connectivity index (χ1n) is 3.88. The molecular weight excluding hydrogens is 170 g/mol. The molecule has 12 heavy (non-hydrogen) atoms. The third kappa shape index (κ3) is 2.02. The summed E-state index contributed by atoms with van der Waals surface area (Å²) in [5.41, 5.74) is 2.21. The lowest BCUT2D eigenvalue weighted by Crippen LogP contribution is -1.90. The van der Waals surface area contributed by atoms with E-state index in [0.717, 1.165) is 16.3 Å². The molecule has 64 valence electrons. The second-order valence-corrected chi connectivity index (χ2v) is 2.92. The second-order valence-electron chi connectivity index (χ2n) is 2.48.